The van der Waals surface area contributed by atoms with Crippen LogP contribution < -0.4 is 0 Å². The van der Waals surface area contributed by atoms with Gasteiger partial charge in [-0.1, -0.05) is 6.07 Å². The Hall–Kier alpha value is -1.95. The highest BCUT2D eigenvalue weighted by Gasteiger charge is 2.38. The summed E-state index contributed by atoms with van der Waals surface area (Å²) in [7, 11) is 0. The second-order valence-electron chi connectivity index (χ2n) is 4.95. The van der Waals surface area contributed by atoms with E-state index in [2.05, 4.69) is 4.98 Å². The van der Waals surface area contributed by atoms with E-state index in [0.29, 0.717) is 13.0 Å². The highest BCUT2D eigenvalue weighted by Crippen LogP contribution is 2.19. The summed E-state index contributed by atoms with van der Waals surface area (Å²) in [6.45, 7) is 7.87. The summed E-state index contributed by atoms with van der Waals surface area (Å²) in [4.78, 5) is 28.8. The lowest BCUT2D eigenvalue weighted by molar-refractivity contribution is -0.169. The van der Waals surface area contributed by atoms with Crippen LogP contribution in [0.5, 0.6) is 0 Å². The van der Waals surface area contributed by atoms with Gasteiger partial charge in [0.15, 0.2) is 5.92 Å². The van der Waals surface area contributed by atoms with E-state index in [1.165, 1.54) is 0 Å². The van der Waals surface area contributed by atoms with Crippen LogP contribution in [0.2, 0.25) is 0 Å². The van der Waals surface area contributed by atoms with Crippen molar-refractivity contribution in [2.45, 2.75) is 40.2 Å². The molecule has 0 spiro atoms. The van der Waals surface area contributed by atoms with E-state index in [0.717, 1.165) is 11.3 Å². The molecule has 0 N–H and O–H groups in total. The van der Waals surface area contributed by atoms with Crippen molar-refractivity contribution in [1.29, 1.82) is 0 Å². The van der Waals surface area contributed by atoms with Gasteiger partial charge in [-0.15, -0.1) is 0 Å². The quantitative estimate of drug-likeness (QED) is 0.512. The number of pyridine rings is 1. The Morgan fingerprint density at radius 3 is 2.17 bits per heavy atom. The Morgan fingerprint density at radius 2 is 1.70 bits per heavy atom. The molecule has 0 aliphatic carbocycles. The predicted molar refractivity (Wildman–Crippen MR) is 84.8 cm³/mol. The van der Waals surface area contributed by atoms with Crippen LogP contribution in [0, 0.1) is 12.8 Å². The van der Waals surface area contributed by atoms with Crippen molar-refractivity contribution < 1.29 is 23.8 Å². The van der Waals surface area contributed by atoms with Crippen LogP contribution in [0.1, 0.15) is 32.0 Å². The molecule has 0 radical (unpaired) electrons. The molecule has 1 rings (SSSR count). The van der Waals surface area contributed by atoms with Crippen molar-refractivity contribution in [3.8, 4) is 0 Å². The van der Waals surface area contributed by atoms with Crippen LogP contribution >= 0.6 is 0 Å². The molecule has 0 aliphatic rings. The fourth-order valence-corrected chi connectivity index (χ4v) is 2.27. The molecule has 1 aromatic heterocycles. The van der Waals surface area contributed by atoms with E-state index in [4.69, 9.17) is 14.2 Å². The summed E-state index contributed by atoms with van der Waals surface area (Å²) >= 11 is 0. The summed E-state index contributed by atoms with van der Waals surface area (Å²) in [5, 5.41) is 0. The molecule has 23 heavy (non-hydrogen) atoms. The molecule has 1 atom stereocenters. The van der Waals surface area contributed by atoms with E-state index < -0.39 is 24.0 Å². The van der Waals surface area contributed by atoms with Gasteiger partial charge >= 0.3 is 11.9 Å². The van der Waals surface area contributed by atoms with Gasteiger partial charge in [0, 0.05) is 24.9 Å². The molecule has 0 saturated carbocycles. The van der Waals surface area contributed by atoms with E-state index in [-0.39, 0.29) is 13.2 Å². The van der Waals surface area contributed by atoms with Crippen LogP contribution in [0.15, 0.2) is 18.3 Å². The van der Waals surface area contributed by atoms with E-state index >= 15 is 0 Å². The topological polar surface area (TPSA) is 74.7 Å². The Kier molecular flexibility index (Phi) is 8.26. The molecular weight excluding hydrogens is 298 g/mol. The fraction of sp³-hybridized carbons (Fsp3) is 0.588. The molecule has 0 amide bonds. The number of hydrogen-bond donors (Lipinski definition) is 0. The summed E-state index contributed by atoms with van der Waals surface area (Å²) in [6.07, 6.45) is 1.34. The smallest absolute Gasteiger partial charge is 0.323 e. The zero-order valence-corrected chi connectivity index (χ0v) is 14.2. The molecule has 0 bridgehead atoms. The van der Waals surface area contributed by atoms with Crippen molar-refractivity contribution in [2.24, 2.45) is 5.92 Å². The number of carbonyl (C=O) groups excluding carboxylic acids is 2. The van der Waals surface area contributed by atoms with Gasteiger partial charge in [-0.25, -0.2) is 0 Å². The van der Waals surface area contributed by atoms with Gasteiger partial charge in [0.2, 0.25) is 0 Å². The molecular formula is C17H25NO5. The molecule has 1 heterocycles. The standard InChI is InChI=1S/C17H25NO5/c1-5-21-14(11-13-12(4)9-8-10-18-13)15(16(19)22-6-2)17(20)23-7-3/h8-10,14-15H,5-7,11H2,1-4H3. The van der Waals surface area contributed by atoms with Gasteiger partial charge in [0.1, 0.15) is 0 Å². The molecule has 1 aromatic rings. The Balaban J connectivity index is 3.05. The van der Waals surface area contributed by atoms with Crippen molar-refractivity contribution >= 4 is 11.9 Å². The first-order chi connectivity index (χ1) is 11.0. The molecule has 0 saturated heterocycles. The van der Waals surface area contributed by atoms with Crippen molar-refractivity contribution in [3.63, 3.8) is 0 Å². The second-order valence-corrected chi connectivity index (χ2v) is 4.95. The number of ether oxygens (including phenoxy) is 3. The van der Waals surface area contributed by atoms with Crippen LogP contribution in [-0.4, -0.2) is 42.8 Å². The van der Waals surface area contributed by atoms with Crippen LogP contribution in [0.4, 0.5) is 0 Å². The molecule has 0 fully saturated rings. The molecule has 0 aliphatic heterocycles. The maximum absolute atomic E-state index is 12.2. The normalized spacial score (nSPS) is 12.0. The van der Waals surface area contributed by atoms with E-state index in [1.807, 2.05) is 26.0 Å². The lowest BCUT2D eigenvalue weighted by Crippen LogP contribution is -2.41. The van der Waals surface area contributed by atoms with Crippen LogP contribution in [-0.2, 0) is 30.2 Å². The first kappa shape index (κ1) is 19.1. The van der Waals surface area contributed by atoms with Gasteiger partial charge in [-0.3, -0.25) is 14.6 Å². The summed E-state index contributed by atoms with van der Waals surface area (Å²) < 4.78 is 15.7. The third-order valence-corrected chi connectivity index (χ3v) is 3.35. The second kappa shape index (κ2) is 9.94. The number of carbonyl (C=O) groups is 2. The molecule has 128 valence electrons. The van der Waals surface area contributed by atoms with Crippen molar-refractivity contribution in [1.82, 2.24) is 4.98 Å². The average Bonchev–Trinajstić information content (AvgIpc) is 2.50. The first-order valence-electron chi connectivity index (χ1n) is 7.90. The SMILES string of the molecule is CCOC(=O)C(C(=O)OCC)C(Cc1ncccc1C)OCC. The molecule has 0 aromatic carbocycles. The number of hydrogen-bond acceptors (Lipinski definition) is 6. The third-order valence-electron chi connectivity index (χ3n) is 3.35. The minimum atomic E-state index is -1.11. The molecule has 6 heteroatoms. The van der Waals surface area contributed by atoms with Gasteiger partial charge in [0.25, 0.3) is 0 Å². The number of nitrogens with zero attached hydrogens (tertiary/aromatic N) is 1. The van der Waals surface area contributed by atoms with Crippen LogP contribution in [0.25, 0.3) is 0 Å². The minimum absolute atomic E-state index is 0.191. The number of aryl methyl sites for hydroxylation is 1. The fourth-order valence-electron chi connectivity index (χ4n) is 2.27. The lowest BCUT2D eigenvalue weighted by Gasteiger charge is -2.24. The van der Waals surface area contributed by atoms with Gasteiger partial charge in [-0.2, -0.15) is 0 Å². The average molecular weight is 323 g/mol. The Labute approximate surface area is 137 Å². The summed E-state index contributed by atoms with van der Waals surface area (Å²) in [5.41, 5.74) is 1.76. The predicted octanol–water partition coefficient (Wildman–Crippen LogP) is 2.08. The van der Waals surface area contributed by atoms with Crippen molar-refractivity contribution in [3.05, 3.63) is 29.6 Å². The number of aromatic nitrogens is 1. The minimum Gasteiger partial charge on any atom is -0.465 e. The maximum atomic E-state index is 12.2. The van der Waals surface area contributed by atoms with Crippen molar-refractivity contribution in [2.75, 3.05) is 19.8 Å². The molecule has 6 nitrogen and oxygen atoms in total. The Bertz CT molecular complexity index is 499. The van der Waals surface area contributed by atoms with Gasteiger partial charge in [0.05, 0.1) is 19.3 Å². The van der Waals surface area contributed by atoms with E-state index in [1.54, 1.807) is 20.0 Å². The monoisotopic (exact) mass is 323 g/mol. The zero-order valence-electron chi connectivity index (χ0n) is 14.2. The first-order valence-corrected chi connectivity index (χ1v) is 7.90. The Morgan fingerprint density at radius 1 is 1.09 bits per heavy atom. The molecule has 1 unspecified atom stereocenters. The highest BCUT2D eigenvalue weighted by molar-refractivity contribution is 5.95. The number of rotatable bonds is 9. The van der Waals surface area contributed by atoms with E-state index in [9.17, 15) is 9.59 Å². The summed E-state index contributed by atoms with van der Waals surface area (Å²) in [6, 6.07) is 3.76. The van der Waals surface area contributed by atoms with Crippen LogP contribution in [0.3, 0.4) is 0 Å². The van der Waals surface area contributed by atoms with Gasteiger partial charge < -0.3 is 14.2 Å². The van der Waals surface area contributed by atoms with Gasteiger partial charge in [-0.05, 0) is 39.3 Å². The largest absolute Gasteiger partial charge is 0.465 e. The highest BCUT2D eigenvalue weighted by atomic mass is 16.6. The zero-order chi connectivity index (χ0) is 17.2. The lowest BCUT2D eigenvalue weighted by atomic mass is 9.96. The third kappa shape index (κ3) is 5.63. The summed E-state index contributed by atoms with van der Waals surface area (Å²) in [5.74, 6) is -2.37. The maximum Gasteiger partial charge on any atom is 0.323 e. The number of esters is 2.